The molecule has 2 unspecified atom stereocenters. The van der Waals surface area contributed by atoms with Gasteiger partial charge in [-0.25, -0.2) is 9.97 Å². The third kappa shape index (κ3) is 3.66. The fourth-order valence-corrected chi connectivity index (χ4v) is 6.21. The normalized spacial score (nSPS) is 26.2. The molecule has 2 N–H and O–H groups in total. The summed E-state index contributed by atoms with van der Waals surface area (Å²) in [5, 5.41) is 6.50. The minimum absolute atomic E-state index is 0.0263. The number of fused-ring (bicyclic) bond motifs is 4. The van der Waals surface area contributed by atoms with Crippen molar-refractivity contribution in [1.29, 1.82) is 0 Å². The molecule has 3 fully saturated rings. The SMILES string of the molecule is CC1CC2C(=O)NCC3(CCCC3)N2c2nc(Nc3ccc(N4CCN(C)CC4)cn3)ncc21. The molecule has 2 atom stereocenters. The number of piperazine rings is 2. The Hall–Kier alpha value is -2.94. The van der Waals surface area contributed by atoms with Gasteiger partial charge in [0.1, 0.15) is 17.7 Å². The fraction of sp³-hybridized carbons (Fsp3) is 0.600. The van der Waals surface area contributed by atoms with Crippen LogP contribution in [0.4, 0.5) is 23.3 Å². The van der Waals surface area contributed by atoms with Crippen molar-refractivity contribution in [3.8, 4) is 0 Å². The van der Waals surface area contributed by atoms with Crippen LogP contribution in [-0.2, 0) is 4.79 Å². The summed E-state index contributed by atoms with van der Waals surface area (Å²) in [4.78, 5) is 34.2. The van der Waals surface area contributed by atoms with E-state index in [0.717, 1.165) is 68.3 Å². The summed E-state index contributed by atoms with van der Waals surface area (Å²) >= 11 is 0. The van der Waals surface area contributed by atoms with E-state index < -0.39 is 0 Å². The predicted octanol–water partition coefficient (Wildman–Crippen LogP) is 2.49. The average molecular weight is 463 g/mol. The Morgan fingerprint density at radius 3 is 2.62 bits per heavy atom. The number of carbonyl (C=O) groups excluding carboxylic acids is 1. The molecule has 1 spiro atoms. The molecule has 5 heterocycles. The second-order valence-electron chi connectivity index (χ2n) is 10.5. The van der Waals surface area contributed by atoms with E-state index in [2.05, 4.69) is 55.3 Å². The molecule has 0 radical (unpaired) electrons. The van der Waals surface area contributed by atoms with Gasteiger partial charge >= 0.3 is 0 Å². The first-order valence-electron chi connectivity index (χ1n) is 12.6. The lowest BCUT2D eigenvalue weighted by Crippen LogP contribution is -2.69. The molecular formula is C25H34N8O. The standard InChI is InChI=1S/C25H34N8O/c1-17-13-20-23(34)28-16-25(7-3-4-8-25)33(20)22-19(17)15-27-24(30-22)29-21-6-5-18(14-26-21)32-11-9-31(2)10-12-32/h5-6,14-15,17,20H,3-4,7-13,16H2,1-2H3,(H,28,34)(H,26,27,29,30). The molecule has 2 aromatic rings. The lowest BCUT2D eigenvalue weighted by molar-refractivity contribution is -0.125. The molecule has 1 saturated carbocycles. The summed E-state index contributed by atoms with van der Waals surface area (Å²) in [7, 11) is 2.16. The molecule has 0 aromatic carbocycles. The summed E-state index contributed by atoms with van der Waals surface area (Å²) in [5.74, 6) is 2.56. The molecule has 9 heteroatoms. The van der Waals surface area contributed by atoms with Gasteiger partial charge in [0.05, 0.1) is 17.4 Å². The number of rotatable bonds is 3. The molecule has 2 saturated heterocycles. The van der Waals surface area contributed by atoms with Crippen LogP contribution >= 0.6 is 0 Å². The number of anilines is 4. The van der Waals surface area contributed by atoms with Crippen molar-refractivity contribution in [2.24, 2.45) is 0 Å². The summed E-state index contributed by atoms with van der Waals surface area (Å²) < 4.78 is 0. The highest BCUT2D eigenvalue weighted by Crippen LogP contribution is 2.47. The average Bonchev–Trinajstić information content (AvgIpc) is 3.32. The van der Waals surface area contributed by atoms with Crippen LogP contribution in [-0.4, -0.2) is 77.1 Å². The van der Waals surface area contributed by atoms with Gasteiger partial charge in [-0.15, -0.1) is 0 Å². The van der Waals surface area contributed by atoms with E-state index in [1.165, 1.54) is 12.8 Å². The molecule has 1 aliphatic carbocycles. The number of amides is 1. The quantitative estimate of drug-likeness (QED) is 0.719. The van der Waals surface area contributed by atoms with E-state index >= 15 is 0 Å². The lowest BCUT2D eigenvalue weighted by atomic mass is 9.81. The van der Waals surface area contributed by atoms with Crippen molar-refractivity contribution in [3.63, 3.8) is 0 Å². The Balaban J connectivity index is 1.27. The number of nitrogens with one attached hydrogen (secondary N) is 2. The van der Waals surface area contributed by atoms with Gasteiger partial charge in [0.15, 0.2) is 0 Å². The third-order valence-electron chi connectivity index (χ3n) is 8.24. The van der Waals surface area contributed by atoms with Gasteiger partial charge in [-0.1, -0.05) is 19.8 Å². The van der Waals surface area contributed by atoms with Gasteiger partial charge < -0.3 is 25.3 Å². The summed E-state index contributed by atoms with van der Waals surface area (Å²) in [5.41, 5.74) is 2.26. The fourth-order valence-electron chi connectivity index (χ4n) is 6.21. The van der Waals surface area contributed by atoms with Crippen molar-refractivity contribution < 1.29 is 4.79 Å². The number of pyridine rings is 1. The van der Waals surface area contributed by atoms with Crippen LogP contribution in [0.15, 0.2) is 24.5 Å². The second-order valence-corrected chi connectivity index (χ2v) is 10.5. The smallest absolute Gasteiger partial charge is 0.242 e. The van der Waals surface area contributed by atoms with Gasteiger partial charge in [-0.3, -0.25) is 4.79 Å². The van der Waals surface area contributed by atoms with Crippen molar-refractivity contribution in [2.75, 3.05) is 54.9 Å². The Labute approximate surface area is 201 Å². The van der Waals surface area contributed by atoms with Crippen molar-refractivity contribution in [2.45, 2.75) is 56.5 Å². The molecule has 9 nitrogen and oxygen atoms in total. The molecule has 0 bridgehead atoms. The molecule has 6 rings (SSSR count). The van der Waals surface area contributed by atoms with Crippen LogP contribution in [0.3, 0.4) is 0 Å². The Morgan fingerprint density at radius 1 is 1.09 bits per heavy atom. The topological polar surface area (TPSA) is 89.5 Å². The zero-order valence-electron chi connectivity index (χ0n) is 20.1. The number of hydrogen-bond donors (Lipinski definition) is 2. The van der Waals surface area contributed by atoms with Crippen molar-refractivity contribution in [1.82, 2.24) is 25.2 Å². The maximum Gasteiger partial charge on any atom is 0.242 e. The zero-order valence-corrected chi connectivity index (χ0v) is 20.1. The van der Waals surface area contributed by atoms with Crippen molar-refractivity contribution in [3.05, 3.63) is 30.1 Å². The summed E-state index contributed by atoms with van der Waals surface area (Å²) in [6.07, 6.45) is 9.27. The van der Waals surface area contributed by atoms with Gasteiger partial charge in [0.2, 0.25) is 11.9 Å². The van der Waals surface area contributed by atoms with Crippen LogP contribution < -0.4 is 20.4 Å². The highest BCUT2D eigenvalue weighted by atomic mass is 16.2. The zero-order chi connectivity index (χ0) is 23.3. The minimum atomic E-state index is -0.155. The third-order valence-corrected chi connectivity index (χ3v) is 8.24. The molecule has 34 heavy (non-hydrogen) atoms. The maximum absolute atomic E-state index is 12.9. The monoisotopic (exact) mass is 462 g/mol. The van der Waals surface area contributed by atoms with E-state index in [0.29, 0.717) is 12.5 Å². The highest BCUT2D eigenvalue weighted by Gasteiger charge is 2.52. The number of nitrogens with zero attached hydrogens (tertiary/aromatic N) is 6. The van der Waals surface area contributed by atoms with Gasteiger partial charge in [-0.05, 0) is 44.4 Å². The molecular weight excluding hydrogens is 428 g/mol. The van der Waals surface area contributed by atoms with Crippen molar-refractivity contribution >= 4 is 29.2 Å². The van der Waals surface area contributed by atoms with E-state index in [9.17, 15) is 4.79 Å². The van der Waals surface area contributed by atoms with E-state index in [1.54, 1.807) is 0 Å². The number of hydrogen-bond acceptors (Lipinski definition) is 8. The second kappa shape index (κ2) is 8.37. The Kier molecular flexibility index (Phi) is 5.32. The van der Waals surface area contributed by atoms with Crippen LogP contribution in [0.2, 0.25) is 0 Å². The van der Waals surface area contributed by atoms with E-state index in [4.69, 9.17) is 4.98 Å². The molecule has 2 aromatic heterocycles. The Bertz CT molecular complexity index is 1060. The highest BCUT2D eigenvalue weighted by molar-refractivity contribution is 5.88. The minimum Gasteiger partial charge on any atom is -0.368 e. The predicted molar refractivity (Wildman–Crippen MR) is 133 cm³/mol. The summed E-state index contributed by atoms with van der Waals surface area (Å²) in [6, 6.07) is 3.95. The van der Waals surface area contributed by atoms with Crippen LogP contribution in [0, 0.1) is 0 Å². The molecule has 180 valence electrons. The van der Waals surface area contributed by atoms with Crippen LogP contribution in [0.1, 0.15) is 50.5 Å². The lowest BCUT2D eigenvalue weighted by Gasteiger charge is -2.53. The summed E-state index contributed by atoms with van der Waals surface area (Å²) in [6.45, 7) is 7.05. The molecule has 1 amide bonds. The van der Waals surface area contributed by atoms with Crippen LogP contribution in [0.5, 0.6) is 0 Å². The largest absolute Gasteiger partial charge is 0.368 e. The number of likely N-dealkylation sites (N-methyl/N-ethyl adjacent to an activating group) is 1. The van der Waals surface area contributed by atoms with E-state index in [-0.39, 0.29) is 23.4 Å². The first-order valence-corrected chi connectivity index (χ1v) is 12.6. The van der Waals surface area contributed by atoms with Gasteiger partial charge in [0.25, 0.3) is 0 Å². The Morgan fingerprint density at radius 2 is 1.88 bits per heavy atom. The molecule has 3 aliphatic heterocycles. The van der Waals surface area contributed by atoms with Gasteiger partial charge in [-0.2, -0.15) is 4.98 Å². The first-order chi connectivity index (χ1) is 16.5. The first kappa shape index (κ1) is 21.6. The molecule has 4 aliphatic rings. The number of aromatic nitrogens is 3. The van der Waals surface area contributed by atoms with Crippen LogP contribution in [0.25, 0.3) is 0 Å². The van der Waals surface area contributed by atoms with E-state index in [1.807, 2.05) is 18.5 Å². The van der Waals surface area contributed by atoms with Gasteiger partial charge in [0, 0.05) is 44.5 Å². The number of carbonyl (C=O) groups is 1. The maximum atomic E-state index is 12.9.